The molecule has 0 radical (unpaired) electrons. The minimum absolute atomic E-state index is 0.107. The standard InChI is InChI=1S/C16H29N3O/c1-12-7-6-8-19(13(12)2)11-15-9-14(18-20-15)10-17-16(3,4)5/h9,12-13,17H,6-8,10-11H2,1-5H3. The maximum Gasteiger partial charge on any atom is 0.151 e. The molecule has 20 heavy (non-hydrogen) atoms. The Labute approximate surface area is 122 Å². The van der Waals surface area contributed by atoms with E-state index < -0.39 is 0 Å². The molecule has 1 aromatic heterocycles. The van der Waals surface area contributed by atoms with Crippen LogP contribution < -0.4 is 5.32 Å². The Morgan fingerprint density at radius 3 is 2.85 bits per heavy atom. The quantitative estimate of drug-likeness (QED) is 0.919. The molecule has 1 aliphatic heterocycles. The second kappa shape index (κ2) is 6.27. The molecule has 2 rings (SSSR count). The highest BCUT2D eigenvalue weighted by Crippen LogP contribution is 2.24. The van der Waals surface area contributed by atoms with Gasteiger partial charge in [0.1, 0.15) is 0 Å². The second-order valence-electron chi connectivity index (χ2n) is 7.22. The monoisotopic (exact) mass is 279 g/mol. The fraction of sp³-hybridized carbons (Fsp3) is 0.812. The summed E-state index contributed by atoms with van der Waals surface area (Å²) in [5, 5.41) is 7.60. The normalized spacial score (nSPS) is 25.1. The van der Waals surface area contributed by atoms with Crippen molar-refractivity contribution in [2.24, 2.45) is 5.92 Å². The summed E-state index contributed by atoms with van der Waals surface area (Å²) in [7, 11) is 0. The Morgan fingerprint density at radius 1 is 1.40 bits per heavy atom. The number of piperidine rings is 1. The van der Waals surface area contributed by atoms with E-state index in [1.807, 2.05) is 0 Å². The van der Waals surface area contributed by atoms with Crippen LogP contribution in [0.2, 0.25) is 0 Å². The van der Waals surface area contributed by atoms with Gasteiger partial charge in [-0.05, 0) is 53.0 Å². The molecule has 4 nitrogen and oxygen atoms in total. The third-order valence-electron chi connectivity index (χ3n) is 4.27. The molecule has 0 aromatic carbocycles. The number of nitrogens with one attached hydrogen (secondary N) is 1. The van der Waals surface area contributed by atoms with Crippen molar-refractivity contribution in [2.45, 2.75) is 72.1 Å². The van der Waals surface area contributed by atoms with Crippen LogP contribution in [0.3, 0.4) is 0 Å². The Morgan fingerprint density at radius 2 is 2.15 bits per heavy atom. The predicted molar refractivity (Wildman–Crippen MR) is 81.4 cm³/mol. The lowest BCUT2D eigenvalue weighted by molar-refractivity contribution is 0.0959. The molecule has 0 aliphatic carbocycles. The van der Waals surface area contributed by atoms with Gasteiger partial charge in [0, 0.05) is 24.2 Å². The van der Waals surface area contributed by atoms with E-state index in [9.17, 15) is 0 Å². The maximum absolute atomic E-state index is 5.48. The summed E-state index contributed by atoms with van der Waals surface area (Å²) in [4.78, 5) is 2.51. The molecule has 0 saturated carbocycles. The highest BCUT2D eigenvalue weighted by molar-refractivity contribution is 5.06. The molecule has 1 aliphatic rings. The first kappa shape index (κ1) is 15.5. The predicted octanol–water partition coefficient (Wildman–Crippen LogP) is 3.18. The van der Waals surface area contributed by atoms with Gasteiger partial charge < -0.3 is 9.84 Å². The number of aromatic nitrogens is 1. The molecule has 0 spiro atoms. The summed E-state index contributed by atoms with van der Waals surface area (Å²) in [5.74, 6) is 1.75. The highest BCUT2D eigenvalue weighted by atomic mass is 16.5. The fourth-order valence-electron chi connectivity index (χ4n) is 2.71. The molecule has 2 atom stereocenters. The zero-order valence-electron chi connectivity index (χ0n) is 13.6. The van der Waals surface area contributed by atoms with Crippen molar-refractivity contribution in [3.8, 4) is 0 Å². The van der Waals surface area contributed by atoms with Crippen molar-refractivity contribution < 1.29 is 4.52 Å². The highest BCUT2D eigenvalue weighted by Gasteiger charge is 2.25. The van der Waals surface area contributed by atoms with E-state index in [0.29, 0.717) is 6.04 Å². The molecule has 114 valence electrons. The number of rotatable bonds is 4. The number of hydrogen-bond acceptors (Lipinski definition) is 4. The molecule has 0 bridgehead atoms. The lowest BCUT2D eigenvalue weighted by Crippen LogP contribution is -2.41. The molecule has 0 amide bonds. The van der Waals surface area contributed by atoms with Crippen LogP contribution in [0.25, 0.3) is 0 Å². The van der Waals surface area contributed by atoms with Gasteiger partial charge in [0.25, 0.3) is 0 Å². The van der Waals surface area contributed by atoms with Gasteiger partial charge >= 0.3 is 0 Å². The molecule has 1 aromatic rings. The first-order chi connectivity index (χ1) is 9.35. The topological polar surface area (TPSA) is 41.3 Å². The third-order valence-corrected chi connectivity index (χ3v) is 4.27. The first-order valence-electron chi connectivity index (χ1n) is 7.79. The van der Waals surface area contributed by atoms with Gasteiger partial charge in [-0.15, -0.1) is 0 Å². The summed E-state index contributed by atoms with van der Waals surface area (Å²) in [6.45, 7) is 14.0. The summed E-state index contributed by atoms with van der Waals surface area (Å²) >= 11 is 0. The minimum atomic E-state index is 0.107. The maximum atomic E-state index is 5.48. The van der Waals surface area contributed by atoms with Gasteiger partial charge in [0.15, 0.2) is 5.76 Å². The van der Waals surface area contributed by atoms with E-state index in [-0.39, 0.29) is 5.54 Å². The SMILES string of the molecule is CC1CCCN(Cc2cc(CNC(C)(C)C)no2)C1C. The molecule has 1 fully saturated rings. The second-order valence-corrected chi connectivity index (χ2v) is 7.22. The van der Waals surface area contributed by atoms with Crippen LogP contribution in [0.4, 0.5) is 0 Å². The van der Waals surface area contributed by atoms with Crippen molar-refractivity contribution in [3.05, 3.63) is 17.5 Å². The van der Waals surface area contributed by atoms with Gasteiger partial charge in [0.05, 0.1) is 12.2 Å². The number of hydrogen-bond donors (Lipinski definition) is 1. The van der Waals surface area contributed by atoms with E-state index in [2.05, 4.69) is 56.1 Å². The Hall–Kier alpha value is -0.870. The average Bonchev–Trinajstić information content (AvgIpc) is 2.80. The number of likely N-dealkylation sites (tertiary alicyclic amines) is 1. The van der Waals surface area contributed by atoms with Crippen LogP contribution in [0.1, 0.15) is 58.9 Å². The van der Waals surface area contributed by atoms with E-state index in [4.69, 9.17) is 4.52 Å². The zero-order valence-corrected chi connectivity index (χ0v) is 13.6. The Balaban J connectivity index is 1.89. The van der Waals surface area contributed by atoms with Crippen LogP contribution in [0.15, 0.2) is 10.6 Å². The van der Waals surface area contributed by atoms with Crippen LogP contribution in [-0.4, -0.2) is 28.2 Å². The lowest BCUT2D eigenvalue weighted by atomic mass is 9.92. The van der Waals surface area contributed by atoms with E-state index in [1.54, 1.807) is 0 Å². The summed E-state index contributed by atoms with van der Waals surface area (Å²) in [6, 6.07) is 2.72. The Kier molecular flexibility index (Phi) is 4.86. The molecular weight excluding hydrogens is 250 g/mol. The molecular formula is C16H29N3O. The molecule has 1 saturated heterocycles. The Bertz CT molecular complexity index is 422. The van der Waals surface area contributed by atoms with E-state index in [0.717, 1.165) is 30.5 Å². The summed E-state index contributed by atoms with van der Waals surface area (Å²) in [5.41, 5.74) is 1.10. The largest absolute Gasteiger partial charge is 0.360 e. The van der Waals surface area contributed by atoms with Gasteiger partial charge in [0.2, 0.25) is 0 Å². The van der Waals surface area contributed by atoms with Gasteiger partial charge in [-0.25, -0.2) is 0 Å². The summed E-state index contributed by atoms with van der Waals surface area (Å²) in [6.07, 6.45) is 2.63. The van der Waals surface area contributed by atoms with Gasteiger partial charge in [-0.1, -0.05) is 12.1 Å². The minimum Gasteiger partial charge on any atom is -0.360 e. The van der Waals surface area contributed by atoms with Crippen LogP contribution in [0.5, 0.6) is 0 Å². The van der Waals surface area contributed by atoms with Crippen LogP contribution in [-0.2, 0) is 13.1 Å². The molecule has 1 N–H and O–H groups in total. The van der Waals surface area contributed by atoms with Crippen molar-refractivity contribution in [3.63, 3.8) is 0 Å². The van der Waals surface area contributed by atoms with Crippen LogP contribution >= 0.6 is 0 Å². The van der Waals surface area contributed by atoms with Crippen molar-refractivity contribution in [2.75, 3.05) is 6.54 Å². The van der Waals surface area contributed by atoms with Crippen LogP contribution in [0, 0.1) is 5.92 Å². The van der Waals surface area contributed by atoms with E-state index in [1.165, 1.54) is 19.4 Å². The van der Waals surface area contributed by atoms with Crippen molar-refractivity contribution in [1.82, 2.24) is 15.4 Å². The smallest absolute Gasteiger partial charge is 0.151 e. The van der Waals surface area contributed by atoms with Crippen molar-refractivity contribution >= 4 is 0 Å². The van der Waals surface area contributed by atoms with E-state index >= 15 is 0 Å². The first-order valence-corrected chi connectivity index (χ1v) is 7.79. The van der Waals surface area contributed by atoms with Gasteiger partial charge in [-0.3, -0.25) is 4.90 Å². The third kappa shape index (κ3) is 4.32. The average molecular weight is 279 g/mol. The molecule has 4 heteroatoms. The number of nitrogens with zero attached hydrogens (tertiary/aromatic N) is 2. The van der Waals surface area contributed by atoms with Gasteiger partial charge in [-0.2, -0.15) is 0 Å². The zero-order chi connectivity index (χ0) is 14.8. The lowest BCUT2D eigenvalue weighted by Gasteiger charge is -2.37. The molecule has 2 unspecified atom stereocenters. The summed E-state index contributed by atoms with van der Waals surface area (Å²) < 4.78 is 5.48. The fourth-order valence-corrected chi connectivity index (χ4v) is 2.71. The molecule has 2 heterocycles. The van der Waals surface area contributed by atoms with Crippen molar-refractivity contribution in [1.29, 1.82) is 0 Å².